The SMILES string of the molecule is CC(C)(C)CN1CCN(Cc2ccc(N(Cc3ccc(C(=O)CCC(=O)C(F)F)cc3F)C(=O)N3CCS(=O)(=O)CC3)cc2)CC1.CC(C)(C)CN1CCN(Cc2ccc(N(Cc3ccc(C(=O)CN)cc3F)C(=O)N3CCS(=O)(=O)CC3)cc2)CC1. The van der Waals surface area contributed by atoms with Gasteiger partial charge in [-0.1, -0.05) is 90.1 Å². The van der Waals surface area contributed by atoms with E-state index in [0.29, 0.717) is 11.4 Å². The Labute approximate surface area is 510 Å². The number of carbonyl (C=O) groups is 5. The number of amides is 4. The Morgan fingerprint density at radius 3 is 1.16 bits per heavy atom. The van der Waals surface area contributed by atoms with Crippen molar-refractivity contribution >= 4 is 60.5 Å². The molecule has 0 aliphatic carbocycles. The van der Waals surface area contributed by atoms with Crippen molar-refractivity contribution in [3.05, 3.63) is 130 Å². The lowest BCUT2D eigenvalue weighted by molar-refractivity contribution is -0.129. The van der Waals surface area contributed by atoms with Crippen LogP contribution in [0.3, 0.4) is 0 Å². The van der Waals surface area contributed by atoms with Crippen LogP contribution in [0.4, 0.5) is 38.5 Å². The van der Waals surface area contributed by atoms with E-state index in [0.717, 1.165) is 102 Å². The summed E-state index contributed by atoms with van der Waals surface area (Å²) in [6, 6.07) is 22.1. The van der Waals surface area contributed by atoms with Gasteiger partial charge in [0.05, 0.1) is 42.6 Å². The largest absolute Gasteiger partial charge is 0.324 e. The van der Waals surface area contributed by atoms with Gasteiger partial charge in [-0.05, 0) is 58.4 Å². The van der Waals surface area contributed by atoms with Crippen molar-refractivity contribution in [1.82, 2.24) is 29.4 Å². The van der Waals surface area contributed by atoms with Crippen molar-refractivity contribution in [2.75, 3.05) is 131 Å². The summed E-state index contributed by atoms with van der Waals surface area (Å²) >= 11 is 0. The normalized spacial score (nSPS) is 18.0. The predicted octanol–water partition coefficient (Wildman–Crippen LogP) is 7.63. The van der Waals surface area contributed by atoms with E-state index in [1.165, 1.54) is 43.9 Å². The molecule has 2 N–H and O–H groups in total. The van der Waals surface area contributed by atoms with Crippen molar-refractivity contribution in [2.45, 2.75) is 87.0 Å². The summed E-state index contributed by atoms with van der Waals surface area (Å²) in [4.78, 5) is 78.4. The summed E-state index contributed by atoms with van der Waals surface area (Å²) in [5, 5.41) is 0. The van der Waals surface area contributed by atoms with Gasteiger partial charge < -0.3 is 25.3 Å². The van der Waals surface area contributed by atoms with Gasteiger partial charge in [0.15, 0.2) is 37.0 Å². The molecule has 87 heavy (non-hydrogen) atoms. The molecule has 8 rings (SSSR count). The van der Waals surface area contributed by atoms with Gasteiger partial charge in [0.2, 0.25) is 0 Å². The molecular weight excluding hydrogens is 1170 g/mol. The molecule has 0 unspecified atom stereocenters. The number of alkyl halides is 2. The molecule has 4 aromatic carbocycles. The summed E-state index contributed by atoms with van der Waals surface area (Å²) < 4.78 is 103. The van der Waals surface area contributed by atoms with Gasteiger partial charge in [0.1, 0.15) is 11.6 Å². The first-order valence-corrected chi connectivity index (χ1v) is 33.3. The first-order valence-electron chi connectivity index (χ1n) is 29.7. The molecule has 18 nitrogen and oxygen atoms in total. The van der Waals surface area contributed by atoms with E-state index >= 15 is 8.78 Å². The molecule has 0 aromatic heterocycles. The van der Waals surface area contributed by atoms with Crippen LogP contribution in [0.2, 0.25) is 0 Å². The van der Waals surface area contributed by atoms with Crippen molar-refractivity contribution in [3.63, 3.8) is 0 Å². The summed E-state index contributed by atoms with van der Waals surface area (Å²) in [6.45, 7) is 24.8. The number of nitrogens with two attached hydrogens (primary N) is 1. The highest BCUT2D eigenvalue weighted by Crippen LogP contribution is 2.28. The zero-order valence-electron chi connectivity index (χ0n) is 51.0. The number of sulfone groups is 2. The standard InChI is InChI=1S/C33H43F3N4O5S.C30H42FN5O4S/c1-33(2,3)23-38-14-12-37(13-15-38)21-24-4-8-27(9-5-24)40(32(43)39-16-18-46(44,45)19-17-39)22-26-7-6-25(20-28(26)34)29(41)10-11-30(42)31(35)36;1-30(2,3)22-34-12-10-33(11-13-34)20-23-4-8-26(9-5-23)36(29(38)35-14-16-41(39,40)17-15-35)21-25-7-6-24(18-27(25)31)28(37)19-32/h4-9,20,31H,10-19,21-23H2,1-3H3;4-9,18H,10-17,19-22,32H2,1-3H3. The van der Waals surface area contributed by atoms with E-state index in [9.17, 15) is 49.6 Å². The van der Waals surface area contributed by atoms with Crippen molar-refractivity contribution in [1.29, 1.82) is 0 Å². The molecule has 4 aliphatic heterocycles. The fraction of sp³-hybridized carbons (Fsp3) is 0.540. The minimum atomic E-state index is -3.24. The van der Waals surface area contributed by atoms with Crippen molar-refractivity contribution < 1.29 is 58.4 Å². The summed E-state index contributed by atoms with van der Waals surface area (Å²) in [6.07, 6.45) is -4.28. The maximum absolute atomic E-state index is 15.3. The second-order valence-electron chi connectivity index (χ2n) is 25.5. The lowest BCUT2D eigenvalue weighted by atomic mass is 9.96. The summed E-state index contributed by atoms with van der Waals surface area (Å²) in [5.74, 6) is -4.26. The number of hydrogen-bond donors (Lipinski definition) is 1. The number of anilines is 2. The van der Waals surface area contributed by atoms with Gasteiger partial charge in [-0.15, -0.1) is 0 Å². The van der Waals surface area contributed by atoms with Gasteiger partial charge in [0, 0.05) is 151 Å². The Balaban J connectivity index is 0.000000250. The molecule has 4 heterocycles. The summed E-state index contributed by atoms with van der Waals surface area (Å²) in [7, 11) is -6.42. The number of Topliss-reactive ketones (excluding diaryl/α,β-unsaturated/α-hetero) is 3. The molecule has 4 fully saturated rings. The minimum absolute atomic E-state index is 0.0181. The Hall–Kier alpha value is -6.15. The number of benzene rings is 4. The van der Waals surface area contributed by atoms with Crippen LogP contribution < -0.4 is 15.5 Å². The van der Waals surface area contributed by atoms with Crippen LogP contribution in [-0.2, 0) is 50.6 Å². The highest BCUT2D eigenvalue weighted by atomic mass is 32.2. The Bertz CT molecular complexity index is 3250. The molecule has 24 heteroatoms. The number of urea groups is 2. The molecule has 0 bridgehead atoms. The monoisotopic (exact) mass is 1250 g/mol. The molecule has 0 atom stereocenters. The Kier molecular flexibility index (Phi) is 23.5. The average Bonchev–Trinajstić information content (AvgIpc) is 1.93. The van der Waals surface area contributed by atoms with Gasteiger partial charge in [-0.2, -0.15) is 0 Å². The molecule has 0 radical (unpaired) electrons. The van der Waals surface area contributed by atoms with Gasteiger partial charge >= 0.3 is 12.1 Å². The minimum Gasteiger partial charge on any atom is -0.324 e. The fourth-order valence-corrected chi connectivity index (χ4v) is 13.4. The van der Waals surface area contributed by atoms with Gasteiger partial charge in [-0.25, -0.2) is 44.0 Å². The second-order valence-corrected chi connectivity index (χ2v) is 30.1. The highest BCUT2D eigenvalue weighted by Gasteiger charge is 2.33. The van der Waals surface area contributed by atoms with E-state index < -0.39 is 68.2 Å². The van der Waals surface area contributed by atoms with E-state index in [2.05, 4.69) is 61.1 Å². The third-order valence-corrected chi connectivity index (χ3v) is 19.0. The fourth-order valence-electron chi connectivity index (χ4n) is 11.0. The van der Waals surface area contributed by atoms with Gasteiger partial charge in [-0.3, -0.25) is 34.0 Å². The Morgan fingerprint density at radius 2 is 0.839 bits per heavy atom. The van der Waals surface area contributed by atoms with Crippen LogP contribution in [0.15, 0.2) is 84.9 Å². The maximum Gasteiger partial charge on any atom is 0.324 e. The van der Waals surface area contributed by atoms with Crippen molar-refractivity contribution in [3.8, 4) is 0 Å². The number of halogens is 4. The van der Waals surface area contributed by atoms with Crippen LogP contribution >= 0.6 is 0 Å². The van der Waals surface area contributed by atoms with Crippen LogP contribution in [0.5, 0.6) is 0 Å². The third-order valence-electron chi connectivity index (χ3n) is 15.8. The molecule has 4 amide bonds. The van der Waals surface area contributed by atoms with Crippen LogP contribution in [0, 0.1) is 22.5 Å². The number of rotatable bonds is 19. The van der Waals surface area contributed by atoms with Gasteiger partial charge in [0.25, 0.3) is 6.43 Å². The first-order chi connectivity index (χ1) is 40.9. The summed E-state index contributed by atoms with van der Waals surface area (Å²) in [5.41, 5.74) is 9.66. The number of nitrogens with zero attached hydrogens (tertiary/aromatic N) is 8. The van der Waals surface area contributed by atoms with E-state index in [1.807, 2.05) is 36.4 Å². The lowest BCUT2D eigenvalue weighted by Crippen LogP contribution is -2.49. The molecular formula is C63H85F4N9O9S2. The molecule has 4 aromatic rings. The number of piperazine rings is 2. The number of carbonyl (C=O) groups excluding carboxylic acids is 5. The highest BCUT2D eigenvalue weighted by molar-refractivity contribution is 7.91. The third kappa shape index (κ3) is 20.7. The molecule has 476 valence electrons. The topological polar surface area (TPSA) is 206 Å². The smallest absolute Gasteiger partial charge is 0.324 e. The molecule has 4 aliphatic rings. The van der Waals surface area contributed by atoms with Crippen LogP contribution in [0.25, 0.3) is 0 Å². The number of ketones is 3. The molecule has 0 spiro atoms. The predicted molar refractivity (Wildman–Crippen MR) is 330 cm³/mol. The van der Waals surface area contributed by atoms with Crippen LogP contribution in [0.1, 0.15) is 97.4 Å². The zero-order chi connectivity index (χ0) is 63.4. The lowest BCUT2D eigenvalue weighted by Gasteiger charge is -2.38. The van der Waals surface area contributed by atoms with Crippen LogP contribution in [-0.4, -0.2) is 203 Å². The maximum atomic E-state index is 15.3. The second kappa shape index (κ2) is 29.9. The molecule has 0 saturated carbocycles. The number of hydrogen-bond acceptors (Lipinski definition) is 14. The quantitative estimate of drug-likeness (QED) is 0.0708. The zero-order valence-corrected chi connectivity index (χ0v) is 52.6. The van der Waals surface area contributed by atoms with E-state index in [4.69, 9.17) is 5.73 Å². The van der Waals surface area contributed by atoms with E-state index in [-0.39, 0.29) is 114 Å². The van der Waals surface area contributed by atoms with Crippen molar-refractivity contribution in [2.24, 2.45) is 16.6 Å². The molecule has 4 saturated heterocycles. The first kappa shape index (κ1) is 68.3. The van der Waals surface area contributed by atoms with E-state index in [1.54, 1.807) is 12.1 Å². The average molecular weight is 1250 g/mol. The Morgan fingerprint density at radius 1 is 0.494 bits per heavy atom.